The van der Waals surface area contributed by atoms with Gasteiger partial charge in [0.15, 0.2) is 5.82 Å². The number of nitrogens with one attached hydrogen (secondary N) is 1. The van der Waals surface area contributed by atoms with E-state index in [4.69, 9.17) is 4.52 Å². The molecule has 1 heterocycles. The van der Waals surface area contributed by atoms with E-state index in [1.54, 1.807) is 0 Å². The minimum Gasteiger partial charge on any atom is -0.339 e. The molecule has 0 unspecified atom stereocenters. The minimum atomic E-state index is 0.185. The van der Waals surface area contributed by atoms with Crippen LogP contribution in [0.15, 0.2) is 4.52 Å². The Morgan fingerprint density at radius 2 is 2.12 bits per heavy atom. The third kappa shape index (κ3) is 2.23. The molecule has 1 aromatic heterocycles. The van der Waals surface area contributed by atoms with Gasteiger partial charge < -0.3 is 9.84 Å². The molecule has 4 nitrogen and oxygen atoms in total. The van der Waals surface area contributed by atoms with E-state index in [1.165, 1.54) is 38.5 Å². The van der Waals surface area contributed by atoms with Gasteiger partial charge in [-0.2, -0.15) is 4.98 Å². The molecule has 0 saturated heterocycles. The van der Waals surface area contributed by atoms with Crippen LogP contribution in [0.2, 0.25) is 0 Å². The molecule has 0 atom stereocenters. The lowest BCUT2D eigenvalue weighted by Gasteiger charge is -2.21. The van der Waals surface area contributed by atoms with E-state index < -0.39 is 0 Å². The van der Waals surface area contributed by atoms with Crippen LogP contribution >= 0.6 is 0 Å². The van der Waals surface area contributed by atoms with E-state index >= 15 is 0 Å². The van der Waals surface area contributed by atoms with Crippen molar-refractivity contribution in [2.75, 3.05) is 0 Å². The van der Waals surface area contributed by atoms with Crippen LogP contribution in [0.25, 0.3) is 0 Å². The van der Waals surface area contributed by atoms with Crippen molar-refractivity contribution in [3.05, 3.63) is 11.7 Å². The van der Waals surface area contributed by atoms with Gasteiger partial charge in [0.1, 0.15) is 0 Å². The van der Waals surface area contributed by atoms with Crippen LogP contribution in [0.4, 0.5) is 0 Å². The Bertz CT molecular complexity index is 378. The van der Waals surface area contributed by atoms with E-state index in [9.17, 15) is 0 Å². The summed E-state index contributed by atoms with van der Waals surface area (Å²) in [5, 5.41) is 7.53. The first-order valence-electron chi connectivity index (χ1n) is 6.89. The van der Waals surface area contributed by atoms with Crippen molar-refractivity contribution in [2.24, 2.45) is 0 Å². The first-order valence-corrected chi connectivity index (χ1v) is 6.89. The predicted molar refractivity (Wildman–Crippen MR) is 64.6 cm³/mol. The van der Waals surface area contributed by atoms with E-state index in [0.29, 0.717) is 6.04 Å². The predicted octanol–water partition coefficient (Wildman–Crippen LogP) is 2.54. The van der Waals surface area contributed by atoms with Crippen LogP contribution in [0.1, 0.15) is 63.6 Å². The molecule has 4 heteroatoms. The van der Waals surface area contributed by atoms with Crippen LogP contribution in [-0.4, -0.2) is 16.2 Å². The normalized spacial score (nSPS) is 23.1. The van der Waals surface area contributed by atoms with E-state index in [2.05, 4.69) is 22.4 Å². The summed E-state index contributed by atoms with van der Waals surface area (Å²) in [6.07, 6.45) is 8.72. The Labute approximate surface area is 102 Å². The molecule has 94 valence electrons. The zero-order valence-corrected chi connectivity index (χ0v) is 10.5. The maximum Gasteiger partial charge on any atom is 0.232 e. The van der Waals surface area contributed by atoms with Crippen LogP contribution in [0.5, 0.6) is 0 Å². The third-order valence-corrected chi connectivity index (χ3v) is 4.29. The highest BCUT2D eigenvalue weighted by Gasteiger charge is 2.39. The summed E-state index contributed by atoms with van der Waals surface area (Å²) >= 11 is 0. The maximum absolute atomic E-state index is 5.49. The Hall–Kier alpha value is -0.900. The fraction of sp³-hybridized carbons (Fsp3) is 0.846. The first-order chi connectivity index (χ1) is 8.32. The van der Waals surface area contributed by atoms with Crippen LogP contribution in [0, 0.1) is 0 Å². The van der Waals surface area contributed by atoms with Gasteiger partial charge in [-0.1, -0.05) is 24.9 Å². The van der Waals surface area contributed by atoms with Crippen molar-refractivity contribution < 1.29 is 4.52 Å². The number of aromatic nitrogens is 2. The summed E-state index contributed by atoms with van der Waals surface area (Å²) in [5.74, 6) is 1.71. The van der Waals surface area contributed by atoms with Crippen LogP contribution in [-0.2, 0) is 12.0 Å². The molecule has 2 fully saturated rings. The maximum atomic E-state index is 5.49. The molecule has 0 bridgehead atoms. The Morgan fingerprint density at radius 1 is 1.35 bits per heavy atom. The minimum absolute atomic E-state index is 0.185. The lowest BCUT2D eigenvalue weighted by Crippen LogP contribution is -2.21. The van der Waals surface area contributed by atoms with Crippen LogP contribution < -0.4 is 5.32 Å². The molecule has 0 radical (unpaired) electrons. The smallest absolute Gasteiger partial charge is 0.232 e. The summed E-state index contributed by atoms with van der Waals surface area (Å²) in [6.45, 7) is 2.99. The van der Waals surface area contributed by atoms with Gasteiger partial charge in [0, 0.05) is 11.5 Å². The second-order valence-electron chi connectivity index (χ2n) is 5.51. The molecule has 1 N–H and O–H groups in total. The summed E-state index contributed by atoms with van der Waals surface area (Å²) < 4.78 is 5.49. The topological polar surface area (TPSA) is 51.0 Å². The number of hydrogen-bond acceptors (Lipinski definition) is 4. The Balaban J connectivity index is 1.69. The zero-order chi connectivity index (χ0) is 11.7. The van der Waals surface area contributed by atoms with Crippen molar-refractivity contribution in [2.45, 2.75) is 69.9 Å². The zero-order valence-electron chi connectivity index (χ0n) is 10.5. The quantitative estimate of drug-likeness (QED) is 0.852. The molecular formula is C13H21N3O. The number of rotatable bonds is 5. The second kappa shape index (κ2) is 4.41. The van der Waals surface area contributed by atoms with Crippen molar-refractivity contribution in [1.29, 1.82) is 0 Å². The third-order valence-electron chi connectivity index (χ3n) is 4.29. The van der Waals surface area contributed by atoms with Crippen molar-refractivity contribution >= 4 is 0 Å². The lowest BCUT2D eigenvalue weighted by atomic mass is 9.83. The van der Waals surface area contributed by atoms with Gasteiger partial charge in [-0.3, -0.25) is 0 Å². The highest BCUT2D eigenvalue weighted by Crippen LogP contribution is 2.42. The molecule has 0 spiro atoms. The fourth-order valence-electron chi connectivity index (χ4n) is 2.83. The molecule has 0 amide bonds. The van der Waals surface area contributed by atoms with E-state index in [-0.39, 0.29) is 5.41 Å². The van der Waals surface area contributed by atoms with Crippen molar-refractivity contribution in [3.63, 3.8) is 0 Å². The summed E-state index contributed by atoms with van der Waals surface area (Å²) in [4.78, 5) is 4.59. The SMILES string of the molecule is CCC1(c2nc(CNC3CC3)no2)CCCC1. The van der Waals surface area contributed by atoms with Gasteiger partial charge in [0.2, 0.25) is 5.89 Å². The van der Waals surface area contributed by atoms with Crippen LogP contribution in [0.3, 0.4) is 0 Å². The average molecular weight is 235 g/mol. The highest BCUT2D eigenvalue weighted by molar-refractivity contribution is 5.07. The molecule has 17 heavy (non-hydrogen) atoms. The molecule has 3 rings (SSSR count). The molecule has 2 aliphatic carbocycles. The molecule has 0 aliphatic heterocycles. The van der Waals surface area contributed by atoms with E-state index in [0.717, 1.165) is 24.7 Å². The van der Waals surface area contributed by atoms with Gasteiger partial charge in [-0.05, 0) is 32.1 Å². The number of hydrogen-bond donors (Lipinski definition) is 1. The van der Waals surface area contributed by atoms with Gasteiger partial charge in [0.05, 0.1) is 6.54 Å². The molecule has 2 aliphatic rings. The van der Waals surface area contributed by atoms with Gasteiger partial charge in [0.25, 0.3) is 0 Å². The monoisotopic (exact) mass is 235 g/mol. The molecule has 0 aromatic carbocycles. The van der Waals surface area contributed by atoms with Gasteiger partial charge in [-0.25, -0.2) is 0 Å². The van der Waals surface area contributed by atoms with Crippen molar-refractivity contribution in [3.8, 4) is 0 Å². The Kier molecular flexibility index (Phi) is 2.90. The van der Waals surface area contributed by atoms with E-state index in [1.807, 2.05) is 0 Å². The van der Waals surface area contributed by atoms with Gasteiger partial charge >= 0.3 is 0 Å². The number of nitrogens with zero attached hydrogens (tertiary/aromatic N) is 2. The second-order valence-corrected chi connectivity index (χ2v) is 5.51. The lowest BCUT2D eigenvalue weighted by molar-refractivity contribution is 0.271. The molecule has 1 aromatic rings. The molecular weight excluding hydrogens is 214 g/mol. The highest BCUT2D eigenvalue weighted by atomic mass is 16.5. The summed E-state index contributed by atoms with van der Waals surface area (Å²) in [7, 11) is 0. The summed E-state index contributed by atoms with van der Waals surface area (Å²) in [5.41, 5.74) is 0.185. The standard InChI is InChI=1S/C13H21N3O/c1-2-13(7-3-4-8-13)12-15-11(16-17-12)9-14-10-5-6-10/h10,14H,2-9H2,1H3. The average Bonchev–Trinajstić information content (AvgIpc) is 2.88. The largest absolute Gasteiger partial charge is 0.339 e. The molecule has 2 saturated carbocycles. The van der Waals surface area contributed by atoms with Gasteiger partial charge in [-0.15, -0.1) is 0 Å². The first kappa shape index (κ1) is 11.2. The fourth-order valence-corrected chi connectivity index (χ4v) is 2.83. The van der Waals surface area contributed by atoms with Crippen molar-refractivity contribution in [1.82, 2.24) is 15.5 Å². The summed E-state index contributed by atoms with van der Waals surface area (Å²) in [6, 6.07) is 0.698. The Morgan fingerprint density at radius 3 is 2.76 bits per heavy atom.